The zero-order chi connectivity index (χ0) is 23.1. The number of methoxy groups -OCH3 is 2. The lowest BCUT2D eigenvalue weighted by molar-refractivity contribution is -0.121. The van der Waals surface area contributed by atoms with Crippen molar-refractivity contribution < 1.29 is 22.7 Å². The average molecular weight is 461 g/mol. The van der Waals surface area contributed by atoms with Crippen LogP contribution in [0.4, 0.5) is 0 Å². The predicted molar refractivity (Wildman–Crippen MR) is 123 cm³/mol. The van der Waals surface area contributed by atoms with Crippen molar-refractivity contribution in [1.29, 1.82) is 0 Å². The van der Waals surface area contributed by atoms with Crippen LogP contribution in [-0.2, 0) is 21.2 Å². The van der Waals surface area contributed by atoms with Gasteiger partial charge < -0.3 is 14.8 Å². The molecule has 1 N–H and O–H groups in total. The van der Waals surface area contributed by atoms with Gasteiger partial charge in [0.1, 0.15) is 11.5 Å². The van der Waals surface area contributed by atoms with Crippen molar-refractivity contribution in [3.05, 3.63) is 53.6 Å². The van der Waals surface area contributed by atoms with Crippen LogP contribution in [0.25, 0.3) is 0 Å². The van der Waals surface area contributed by atoms with Gasteiger partial charge in [0.25, 0.3) is 0 Å². The molecule has 1 fully saturated rings. The highest BCUT2D eigenvalue weighted by Gasteiger charge is 2.26. The van der Waals surface area contributed by atoms with Crippen molar-refractivity contribution >= 4 is 15.9 Å². The van der Waals surface area contributed by atoms with E-state index in [9.17, 15) is 13.2 Å². The molecule has 0 bridgehead atoms. The molecule has 174 valence electrons. The van der Waals surface area contributed by atoms with Crippen LogP contribution in [-0.4, -0.2) is 45.9 Å². The van der Waals surface area contributed by atoms with Crippen molar-refractivity contribution in [1.82, 2.24) is 9.62 Å². The molecule has 0 spiro atoms. The molecule has 8 heteroatoms. The summed E-state index contributed by atoms with van der Waals surface area (Å²) in [6.45, 7) is 3.02. The van der Waals surface area contributed by atoms with Crippen LogP contribution in [0.5, 0.6) is 11.5 Å². The highest BCUT2D eigenvalue weighted by Crippen LogP contribution is 2.27. The molecular weight excluding hydrogens is 428 g/mol. The third kappa shape index (κ3) is 5.81. The molecular formula is C24H32N2O5S. The minimum Gasteiger partial charge on any atom is -0.497 e. The topological polar surface area (TPSA) is 84.9 Å². The van der Waals surface area contributed by atoms with Gasteiger partial charge in [-0.05, 0) is 67.6 Å². The molecule has 1 aliphatic rings. The van der Waals surface area contributed by atoms with Crippen LogP contribution < -0.4 is 14.8 Å². The molecule has 3 rings (SSSR count). The first-order chi connectivity index (χ1) is 15.3. The monoisotopic (exact) mass is 460 g/mol. The Hall–Kier alpha value is -2.58. The van der Waals surface area contributed by atoms with Crippen molar-refractivity contribution in [3.63, 3.8) is 0 Å². The minimum absolute atomic E-state index is 0.111. The summed E-state index contributed by atoms with van der Waals surface area (Å²) >= 11 is 0. The number of hydrogen-bond acceptors (Lipinski definition) is 5. The van der Waals surface area contributed by atoms with E-state index in [-0.39, 0.29) is 23.3 Å². The van der Waals surface area contributed by atoms with Crippen LogP contribution in [0.2, 0.25) is 0 Å². The summed E-state index contributed by atoms with van der Waals surface area (Å²) in [5, 5.41) is 2.99. The normalized spacial score (nSPS) is 15.7. The smallest absolute Gasteiger partial charge is 0.243 e. The van der Waals surface area contributed by atoms with E-state index in [4.69, 9.17) is 9.47 Å². The lowest BCUT2D eigenvalue weighted by Gasteiger charge is -2.26. The second-order valence-electron chi connectivity index (χ2n) is 8.00. The molecule has 0 unspecified atom stereocenters. The zero-order valence-corrected chi connectivity index (χ0v) is 19.8. The summed E-state index contributed by atoms with van der Waals surface area (Å²) in [5.74, 6) is 1.23. The van der Waals surface area contributed by atoms with E-state index in [0.717, 1.165) is 30.6 Å². The van der Waals surface area contributed by atoms with Gasteiger partial charge >= 0.3 is 0 Å². The van der Waals surface area contributed by atoms with E-state index < -0.39 is 10.0 Å². The Morgan fingerprint density at radius 2 is 1.72 bits per heavy atom. The van der Waals surface area contributed by atoms with E-state index in [2.05, 4.69) is 5.32 Å². The van der Waals surface area contributed by atoms with Gasteiger partial charge in [0.15, 0.2) is 0 Å². The number of carbonyl (C=O) groups excluding carboxylic acids is 1. The number of piperidine rings is 1. The number of hydrogen-bond donors (Lipinski definition) is 1. The van der Waals surface area contributed by atoms with Gasteiger partial charge in [0.05, 0.1) is 25.2 Å². The van der Waals surface area contributed by atoms with E-state index in [1.807, 2.05) is 31.2 Å². The maximum Gasteiger partial charge on any atom is 0.243 e. The maximum atomic E-state index is 13.0. The number of sulfonamides is 1. The Morgan fingerprint density at radius 3 is 2.34 bits per heavy atom. The molecule has 7 nitrogen and oxygen atoms in total. The summed E-state index contributed by atoms with van der Waals surface area (Å²) in [7, 11) is -0.384. The van der Waals surface area contributed by atoms with Gasteiger partial charge in [-0.25, -0.2) is 8.42 Å². The van der Waals surface area contributed by atoms with Gasteiger partial charge in [-0.3, -0.25) is 4.79 Å². The standard InChI is InChI=1S/C24H32N2O5S/c1-18(19-7-10-21(30-2)11-8-19)25-24(27)14-9-20-17-22(12-13-23(20)31-3)32(28,29)26-15-5-4-6-16-26/h7-8,10-13,17-18H,4-6,9,14-16H2,1-3H3,(H,25,27)/t18-/m1/s1. The highest BCUT2D eigenvalue weighted by molar-refractivity contribution is 7.89. The van der Waals surface area contributed by atoms with E-state index in [1.54, 1.807) is 36.7 Å². The van der Waals surface area contributed by atoms with Gasteiger partial charge in [-0.15, -0.1) is 0 Å². The highest BCUT2D eigenvalue weighted by atomic mass is 32.2. The van der Waals surface area contributed by atoms with Crippen LogP contribution in [0, 0.1) is 0 Å². The fourth-order valence-electron chi connectivity index (χ4n) is 3.90. The van der Waals surface area contributed by atoms with Crippen molar-refractivity contribution in [2.24, 2.45) is 0 Å². The molecule has 2 aromatic carbocycles. The molecule has 1 atom stereocenters. The SMILES string of the molecule is COc1ccc([C@@H](C)NC(=O)CCc2cc(S(=O)(=O)N3CCCCC3)ccc2OC)cc1. The maximum absolute atomic E-state index is 13.0. The Kier molecular flexibility index (Phi) is 8.15. The first-order valence-corrected chi connectivity index (χ1v) is 12.4. The van der Waals surface area contributed by atoms with Gasteiger partial charge in [-0.1, -0.05) is 18.6 Å². The Labute approximate surface area is 190 Å². The second kappa shape index (κ2) is 10.8. The van der Waals surface area contributed by atoms with Crippen LogP contribution >= 0.6 is 0 Å². The zero-order valence-electron chi connectivity index (χ0n) is 19.0. The number of benzene rings is 2. The fraction of sp³-hybridized carbons (Fsp3) is 0.458. The Bertz CT molecular complexity index is 1020. The van der Waals surface area contributed by atoms with E-state index in [1.165, 1.54) is 0 Å². The fourth-order valence-corrected chi connectivity index (χ4v) is 5.47. The molecule has 1 amide bonds. The number of aryl methyl sites for hydroxylation is 1. The number of ether oxygens (including phenoxy) is 2. The van der Waals surface area contributed by atoms with Crippen LogP contribution in [0.1, 0.15) is 49.8 Å². The third-order valence-electron chi connectivity index (χ3n) is 5.82. The molecule has 0 radical (unpaired) electrons. The molecule has 1 aliphatic heterocycles. The molecule has 0 aromatic heterocycles. The van der Waals surface area contributed by atoms with Gasteiger partial charge in [0, 0.05) is 19.5 Å². The minimum atomic E-state index is -3.54. The summed E-state index contributed by atoms with van der Waals surface area (Å²) in [6, 6.07) is 12.3. The number of carbonyl (C=O) groups is 1. The number of nitrogens with one attached hydrogen (secondary N) is 1. The van der Waals surface area contributed by atoms with Crippen molar-refractivity contribution in [3.8, 4) is 11.5 Å². The molecule has 1 saturated heterocycles. The summed E-state index contributed by atoms with van der Waals surface area (Å²) in [6.07, 6.45) is 3.44. The first kappa shape index (κ1) is 24.1. The van der Waals surface area contributed by atoms with Crippen LogP contribution in [0.3, 0.4) is 0 Å². The molecule has 2 aromatic rings. The lowest BCUT2D eigenvalue weighted by atomic mass is 10.1. The summed E-state index contributed by atoms with van der Waals surface area (Å²) in [4.78, 5) is 12.8. The molecule has 0 saturated carbocycles. The molecule has 1 heterocycles. The Morgan fingerprint density at radius 1 is 1.03 bits per heavy atom. The van der Waals surface area contributed by atoms with Crippen LogP contribution in [0.15, 0.2) is 47.4 Å². The summed E-state index contributed by atoms with van der Waals surface area (Å²) < 4.78 is 38.2. The third-order valence-corrected chi connectivity index (χ3v) is 7.71. The van der Waals surface area contributed by atoms with Gasteiger partial charge in [0.2, 0.25) is 15.9 Å². The number of rotatable bonds is 9. The molecule has 0 aliphatic carbocycles. The van der Waals surface area contributed by atoms with E-state index >= 15 is 0 Å². The number of amides is 1. The van der Waals surface area contributed by atoms with Gasteiger partial charge in [-0.2, -0.15) is 4.31 Å². The average Bonchev–Trinajstić information content (AvgIpc) is 2.83. The quantitative estimate of drug-likeness (QED) is 0.617. The van der Waals surface area contributed by atoms with Crippen molar-refractivity contribution in [2.75, 3.05) is 27.3 Å². The summed E-state index contributed by atoms with van der Waals surface area (Å²) in [5.41, 5.74) is 1.68. The second-order valence-corrected chi connectivity index (χ2v) is 9.94. The number of nitrogens with zero attached hydrogens (tertiary/aromatic N) is 1. The Balaban J connectivity index is 1.66. The largest absolute Gasteiger partial charge is 0.497 e. The van der Waals surface area contributed by atoms with Crippen molar-refractivity contribution in [2.45, 2.75) is 50.0 Å². The van der Waals surface area contributed by atoms with E-state index in [0.29, 0.717) is 30.8 Å². The predicted octanol–water partition coefficient (Wildman–Crippen LogP) is 3.69. The molecule has 32 heavy (non-hydrogen) atoms. The first-order valence-electron chi connectivity index (χ1n) is 11.0. The lowest BCUT2D eigenvalue weighted by Crippen LogP contribution is -2.35.